The Morgan fingerprint density at radius 1 is 0.967 bits per heavy atom. The number of rotatable bonds is 7. The van der Waals surface area contributed by atoms with E-state index >= 15 is 0 Å². The van der Waals surface area contributed by atoms with Crippen LogP contribution >= 0.6 is 0 Å². The zero-order chi connectivity index (χ0) is 20.8. The maximum Gasteiger partial charge on any atom is 0.236 e. The van der Waals surface area contributed by atoms with E-state index in [0.717, 1.165) is 42.7 Å². The minimum absolute atomic E-state index is 0.190. The SMILES string of the molecule is O=C(CN1CCN(C[C@H](O)COc2cccc3ccccc23)CC1)N1CCOCC1. The predicted octanol–water partition coefficient (Wildman–Crippen LogP) is 1.06. The molecule has 4 rings (SSSR count). The maximum atomic E-state index is 12.4. The van der Waals surface area contributed by atoms with Crippen LogP contribution in [0.15, 0.2) is 42.5 Å². The second-order valence-corrected chi connectivity index (χ2v) is 8.01. The number of β-amino-alcohol motifs (C(OH)–C–C–N with tert-alkyl or cyclic N) is 1. The molecule has 2 aromatic rings. The third-order valence-corrected chi connectivity index (χ3v) is 5.84. The molecular formula is C23H31N3O4. The minimum atomic E-state index is -0.550. The summed E-state index contributed by atoms with van der Waals surface area (Å²) in [7, 11) is 0. The Labute approximate surface area is 177 Å². The van der Waals surface area contributed by atoms with E-state index in [1.807, 2.05) is 35.2 Å². The monoisotopic (exact) mass is 413 g/mol. The fraction of sp³-hybridized carbons (Fsp3) is 0.522. The van der Waals surface area contributed by atoms with Crippen LogP contribution in [0.1, 0.15) is 0 Å². The fourth-order valence-corrected chi connectivity index (χ4v) is 4.09. The zero-order valence-corrected chi connectivity index (χ0v) is 17.4. The Morgan fingerprint density at radius 2 is 1.67 bits per heavy atom. The van der Waals surface area contributed by atoms with Crippen LogP contribution in [-0.4, -0.2) is 104 Å². The van der Waals surface area contributed by atoms with Gasteiger partial charge in [0.1, 0.15) is 18.5 Å². The van der Waals surface area contributed by atoms with Gasteiger partial charge in [-0.3, -0.25) is 14.6 Å². The molecule has 0 spiro atoms. The van der Waals surface area contributed by atoms with E-state index in [9.17, 15) is 9.90 Å². The highest BCUT2D eigenvalue weighted by Crippen LogP contribution is 2.25. The summed E-state index contributed by atoms with van der Waals surface area (Å²) in [6.07, 6.45) is -0.550. The summed E-state index contributed by atoms with van der Waals surface area (Å²) in [5.74, 6) is 0.994. The van der Waals surface area contributed by atoms with Gasteiger partial charge < -0.3 is 19.5 Å². The average molecular weight is 414 g/mol. The lowest BCUT2D eigenvalue weighted by Crippen LogP contribution is -2.52. The van der Waals surface area contributed by atoms with Gasteiger partial charge in [0.2, 0.25) is 5.91 Å². The van der Waals surface area contributed by atoms with Gasteiger partial charge in [0, 0.05) is 51.2 Å². The molecule has 2 fully saturated rings. The Kier molecular flexibility index (Phi) is 7.17. The summed E-state index contributed by atoms with van der Waals surface area (Å²) in [4.78, 5) is 18.7. The molecular weight excluding hydrogens is 382 g/mol. The van der Waals surface area contributed by atoms with Crippen LogP contribution < -0.4 is 4.74 Å². The van der Waals surface area contributed by atoms with Crippen molar-refractivity contribution < 1.29 is 19.4 Å². The summed E-state index contributed by atoms with van der Waals surface area (Å²) in [5, 5.41) is 12.7. The van der Waals surface area contributed by atoms with E-state index in [1.54, 1.807) is 0 Å². The molecule has 0 unspecified atom stereocenters. The van der Waals surface area contributed by atoms with Crippen LogP contribution in [0.3, 0.4) is 0 Å². The van der Waals surface area contributed by atoms with Crippen LogP contribution in [0.4, 0.5) is 0 Å². The van der Waals surface area contributed by atoms with Gasteiger partial charge in [-0.05, 0) is 11.5 Å². The lowest BCUT2D eigenvalue weighted by Gasteiger charge is -2.36. The third-order valence-electron chi connectivity index (χ3n) is 5.84. The molecule has 0 saturated carbocycles. The summed E-state index contributed by atoms with van der Waals surface area (Å²) >= 11 is 0. The molecule has 162 valence electrons. The number of piperazine rings is 1. The van der Waals surface area contributed by atoms with Crippen molar-refractivity contribution in [2.24, 2.45) is 0 Å². The molecule has 7 nitrogen and oxygen atoms in total. The molecule has 2 heterocycles. The molecule has 2 aliphatic rings. The molecule has 1 N–H and O–H groups in total. The van der Waals surface area contributed by atoms with Crippen molar-refractivity contribution in [2.75, 3.05) is 72.2 Å². The molecule has 2 saturated heterocycles. The molecule has 0 aromatic heterocycles. The van der Waals surface area contributed by atoms with Gasteiger partial charge in [-0.2, -0.15) is 0 Å². The van der Waals surface area contributed by atoms with Gasteiger partial charge in [0.25, 0.3) is 0 Å². The maximum absolute atomic E-state index is 12.4. The van der Waals surface area contributed by atoms with Gasteiger partial charge in [-0.15, -0.1) is 0 Å². The van der Waals surface area contributed by atoms with Crippen LogP contribution in [0.25, 0.3) is 10.8 Å². The second kappa shape index (κ2) is 10.2. The molecule has 0 aliphatic carbocycles. The average Bonchev–Trinajstić information content (AvgIpc) is 2.79. The van der Waals surface area contributed by atoms with Gasteiger partial charge in [0.05, 0.1) is 19.8 Å². The van der Waals surface area contributed by atoms with Crippen molar-refractivity contribution in [1.82, 2.24) is 14.7 Å². The van der Waals surface area contributed by atoms with E-state index in [1.165, 1.54) is 0 Å². The highest BCUT2D eigenvalue weighted by molar-refractivity contribution is 5.88. The quantitative estimate of drug-likeness (QED) is 0.732. The van der Waals surface area contributed by atoms with Crippen molar-refractivity contribution in [2.45, 2.75) is 6.10 Å². The topological polar surface area (TPSA) is 65.5 Å². The Hall–Kier alpha value is -2.19. The summed E-state index contributed by atoms with van der Waals surface area (Å²) in [6.45, 7) is 7.36. The fourth-order valence-electron chi connectivity index (χ4n) is 4.09. The number of amides is 1. The number of benzene rings is 2. The number of aliphatic hydroxyl groups excluding tert-OH is 1. The number of hydrogen-bond acceptors (Lipinski definition) is 6. The van der Waals surface area contributed by atoms with Crippen LogP contribution in [-0.2, 0) is 9.53 Å². The van der Waals surface area contributed by atoms with Crippen molar-refractivity contribution in [3.8, 4) is 5.75 Å². The van der Waals surface area contributed by atoms with E-state index in [4.69, 9.17) is 9.47 Å². The molecule has 1 atom stereocenters. The number of nitrogens with zero attached hydrogens (tertiary/aromatic N) is 3. The zero-order valence-electron chi connectivity index (χ0n) is 17.4. The third kappa shape index (κ3) is 5.49. The van der Waals surface area contributed by atoms with Crippen molar-refractivity contribution in [3.63, 3.8) is 0 Å². The lowest BCUT2D eigenvalue weighted by molar-refractivity contribution is -0.137. The number of carbonyl (C=O) groups excluding carboxylic acids is 1. The molecule has 30 heavy (non-hydrogen) atoms. The van der Waals surface area contributed by atoms with Crippen LogP contribution in [0, 0.1) is 0 Å². The Morgan fingerprint density at radius 3 is 2.47 bits per heavy atom. The number of carbonyl (C=O) groups is 1. The van der Waals surface area contributed by atoms with Crippen molar-refractivity contribution >= 4 is 16.7 Å². The molecule has 0 radical (unpaired) electrons. The van der Waals surface area contributed by atoms with Crippen LogP contribution in [0.2, 0.25) is 0 Å². The first-order valence-electron chi connectivity index (χ1n) is 10.8. The first-order valence-corrected chi connectivity index (χ1v) is 10.8. The van der Waals surface area contributed by atoms with Gasteiger partial charge >= 0.3 is 0 Å². The summed E-state index contributed by atoms with van der Waals surface area (Å²) in [6, 6.07) is 14.1. The number of hydrogen-bond donors (Lipinski definition) is 1. The number of fused-ring (bicyclic) bond motifs is 1. The summed E-state index contributed by atoms with van der Waals surface area (Å²) in [5.41, 5.74) is 0. The largest absolute Gasteiger partial charge is 0.490 e. The molecule has 2 aliphatic heterocycles. The Balaban J connectivity index is 1.19. The smallest absolute Gasteiger partial charge is 0.236 e. The molecule has 7 heteroatoms. The van der Waals surface area contributed by atoms with E-state index in [2.05, 4.69) is 21.9 Å². The molecule has 0 bridgehead atoms. The summed E-state index contributed by atoms with van der Waals surface area (Å²) < 4.78 is 11.2. The number of morpholine rings is 1. The molecule has 1 amide bonds. The minimum Gasteiger partial charge on any atom is -0.490 e. The second-order valence-electron chi connectivity index (χ2n) is 8.01. The normalized spacial score (nSPS) is 19.7. The van der Waals surface area contributed by atoms with Gasteiger partial charge in [-0.25, -0.2) is 0 Å². The van der Waals surface area contributed by atoms with Crippen LogP contribution in [0.5, 0.6) is 5.75 Å². The van der Waals surface area contributed by atoms with Crippen molar-refractivity contribution in [1.29, 1.82) is 0 Å². The highest BCUT2D eigenvalue weighted by atomic mass is 16.5. The van der Waals surface area contributed by atoms with Gasteiger partial charge in [0.15, 0.2) is 0 Å². The van der Waals surface area contributed by atoms with E-state index in [-0.39, 0.29) is 12.5 Å². The predicted molar refractivity (Wildman–Crippen MR) is 116 cm³/mol. The first-order chi connectivity index (χ1) is 14.7. The number of aliphatic hydroxyl groups is 1. The number of ether oxygens (including phenoxy) is 2. The standard InChI is InChI=1S/C23H31N3O4/c27-20(18-30-22-7-3-5-19-4-1-2-6-21(19)22)16-24-8-10-25(11-9-24)17-23(28)26-12-14-29-15-13-26/h1-7,20,27H,8-18H2/t20-/m0/s1. The first kappa shape index (κ1) is 21.1. The molecule has 2 aromatic carbocycles. The Bertz CT molecular complexity index is 827. The van der Waals surface area contributed by atoms with E-state index in [0.29, 0.717) is 39.4 Å². The van der Waals surface area contributed by atoms with Crippen molar-refractivity contribution in [3.05, 3.63) is 42.5 Å². The lowest BCUT2D eigenvalue weighted by atomic mass is 10.1. The van der Waals surface area contributed by atoms with E-state index < -0.39 is 6.10 Å². The van der Waals surface area contributed by atoms with Gasteiger partial charge in [-0.1, -0.05) is 36.4 Å². The highest BCUT2D eigenvalue weighted by Gasteiger charge is 2.24.